The molecule has 1 fully saturated rings. The molecule has 2 aromatic heterocycles. The zero-order valence-electron chi connectivity index (χ0n) is 17.2. The van der Waals surface area contributed by atoms with E-state index in [0.717, 1.165) is 42.8 Å². The van der Waals surface area contributed by atoms with Crippen LogP contribution in [0.2, 0.25) is 0 Å². The first-order valence-corrected chi connectivity index (χ1v) is 10.4. The maximum Gasteiger partial charge on any atom is 0.229 e. The Hall–Kier alpha value is -3.68. The van der Waals surface area contributed by atoms with Gasteiger partial charge in [-0.25, -0.2) is 14.4 Å². The number of fused-ring (bicyclic) bond motifs is 1. The average Bonchev–Trinajstić information content (AvgIpc) is 3.43. The van der Waals surface area contributed by atoms with Crippen LogP contribution in [-0.4, -0.2) is 26.6 Å². The van der Waals surface area contributed by atoms with Crippen LogP contribution in [0.15, 0.2) is 54.7 Å². The summed E-state index contributed by atoms with van der Waals surface area (Å²) in [6.07, 6.45) is 6.09. The summed E-state index contributed by atoms with van der Waals surface area (Å²) < 4.78 is 21.6. The van der Waals surface area contributed by atoms with Gasteiger partial charge in [0.15, 0.2) is 5.65 Å². The van der Waals surface area contributed by atoms with E-state index in [-0.39, 0.29) is 19.3 Å². The maximum absolute atomic E-state index is 14.3. The molecule has 1 saturated carbocycles. The highest BCUT2D eigenvalue weighted by Gasteiger charge is 2.24. The first kappa shape index (κ1) is 21.5. The quantitative estimate of drug-likeness (QED) is 0.376. The largest absolute Gasteiger partial charge is 0.497 e. The van der Waals surface area contributed by atoms with Crippen molar-refractivity contribution >= 4 is 34.4 Å². The summed E-state index contributed by atoms with van der Waals surface area (Å²) in [7, 11) is 1.63. The van der Waals surface area contributed by atoms with Gasteiger partial charge in [0.05, 0.1) is 19.0 Å². The van der Waals surface area contributed by atoms with Crippen molar-refractivity contribution in [3.8, 4) is 5.75 Å². The minimum atomic E-state index is -0.320. The number of nitrogens with zero attached hydrogens (tertiary/aromatic N) is 4. The van der Waals surface area contributed by atoms with Crippen LogP contribution in [-0.2, 0) is 0 Å². The van der Waals surface area contributed by atoms with E-state index in [1.807, 2.05) is 24.3 Å². The molecule has 8 heteroatoms. The molecule has 4 aromatic rings. The van der Waals surface area contributed by atoms with Crippen LogP contribution >= 0.6 is 0 Å². The molecule has 2 aromatic carbocycles. The van der Waals surface area contributed by atoms with E-state index in [1.54, 1.807) is 31.5 Å². The molecule has 0 saturated heterocycles. The summed E-state index contributed by atoms with van der Waals surface area (Å²) in [6, 6.07) is 14.5. The zero-order valence-corrected chi connectivity index (χ0v) is 17.2. The van der Waals surface area contributed by atoms with Gasteiger partial charge in [-0.1, -0.05) is 38.5 Å². The minimum absolute atomic E-state index is 0. The lowest BCUT2D eigenvalue weighted by Crippen LogP contribution is -2.10. The molecule has 32 heavy (non-hydrogen) atoms. The Morgan fingerprint density at radius 1 is 1.03 bits per heavy atom. The molecule has 7 nitrogen and oxygen atoms in total. The van der Waals surface area contributed by atoms with Crippen molar-refractivity contribution in [3.05, 3.63) is 60.5 Å². The second-order valence-electron chi connectivity index (χ2n) is 7.61. The molecular formula is C24H27FN6O. The predicted molar refractivity (Wildman–Crippen MR) is 126 cm³/mol. The monoisotopic (exact) mass is 434 g/mol. The Labute approximate surface area is 186 Å². The predicted octanol–water partition coefficient (Wildman–Crippen LogP) is 6.21. The van der Waals surface area contributed by atoms with Crippen molar-refractivity contribution < 1.29 is 9.13 Å². The fourth-order valence-electron chi connectivity index (χ4n) is 4.06. The number of aromatic nitrogens is 4. The number of methoxy groups -OCH3 is 1. The van der Waals surface area contributed by atoms with Crippen LogP contribution in [0.25, 0.3) is 11.2 Å². The summed E-state index contributed by atoms with van der Waals surface area (Å²) in [4.78, 5) is 13.9. The van der Waals surface area contributed by atoms with E-state index >= 15 is 0 Å². The normalized spacial score (nSPS) is 13.7. The Balaban J connectivity index is 0.00000245. The van der Waals surface area contributed by atoms with Gasteiger partial charge in [-0.15, -0.1) is 0 Å². The van der Waals surface area contributed by atoms with Crippen LogP contribution in [0.3, 0.4) is 0 Å². The van der Waals surface area contributed by atoms with Crippen molar-refractivity contribution in [2.75, 3.05) is 17.7 Å². The molecule has 0 bridgehead atoms. The molecule has 0 aliphatic heterocycles. The Kier molecular flexibility index (Phi) is 6.20. The number of ether oxygens (including phenoxy) is 1. The van der Waals surface area contributed by atoms with Gasteiger partial charge in [0.2, 0.25) is 11.9 Å². The first-order chi connectivity index (χ1) is 15.2. The molecule has 2 heterocycles. The fraction of sp³-hybridized carbons (Fsp3) is 0.292. The van der Waals surface area contributed by atoms with Gasteiger partial charge in [0, 0.05) is 17.8 Å². The van der Waals surface area contributed by atoms with E-state index in [4.69, 9.17) is 9.72 Å². The number of hydrogen-bond acceptors (Lipinski definition) is 6. The van der Waals surface area contributed by atoms with Crippen molar-refractivity contribution in [1.29, 1.82) is 0 Å². The Morgan fingerprint density at radius 2 is 1.84 bits per heavy atom. The zero-order chi connectivity index (χ0) is 21.2. The molecule has 1 aliphatic rings. The first-order valence-electron chi connectivity index (χ1n) is 10.4. The third kappa shape index (κ3) is 4.21. The van der Waals surface area contributed by atoms with Crippen molar-refractivity contribution in [1.82, 2.24) is 19.5 Å². The number of hydrogen-bond donors (Lipinski definition) is 2. The van der Waals surface area contributed by atoms with Gasteiger partial charge in [0.1, 0.15) is 17.1 Å². The number of anilines is 4. The number of para-hydroxylation sites is 1. The van der Waals surface area contributed by atoms with Crippen LogP contribution in [0.1, 0.15) is 39.2 Å². The highest BCUT2D eigenvalue weighted by molar-refractivity contribution is 5.77. The number of benzene rings is 2. The topological polar surface area (TPSA) is 76.9 Å². The van der Waals surface area contributed by atoms with E-state index in [9.17, 15) is 4.39 Å². The molecule has 1 aliphatic carbocycles. The van der Waals surface area contributed by atoms with Crippen molar-refractivity contribution in [2.45, 2.75) is 39.2 Å². The van der Waals surface area contributed by atoms with E-state index in [0.29, 0.717) is 23.1 Å². The summed E-state index contributed by atoms with van der Waals surface area (Å²) in [5, 5.41) is 6.40. The Morgan fingerprint density at radius 3 is 2.62 bits per heavy atom. The molecule has 0 atom stereocenters. The third-order valence-corrected chi connectivity index (χ3v) is 5.57. The van der Waals surface area contributed by atoms with Gasteiger partial charge >= 0.3 is 0 Å². The molecule has 0 amide bonds. The van der Waals surface area contributed by atoms with Gasteiger partial charge in [-0.3, -0.25) is 4.57 Å². The summed E-state index contributed by atoms with van der Waals surface area (Å²) >= 11 is 0. The number of halogens is 1. The Bertz CT molecular complexity index is 1220. The molecule has 5 rings (SSSR count). The lowest BCUT2D eigenvalue weighted by atomic mass is 10.2. The van der Waals surface area contributed by atoms with Gasteiger partial charge < -0.3 is 15.4 Å². The second kappa shape index (κ2) is 9.21. The van der Waals surface area contributed by atoms with E-state index in [1.165, 1.54) is 6.07 Å². The molecule has 0 radical (unpaired) electrons. The van der Waals surface area contributed by atoms with Gasteiger partial charge in [0.25, 0.3) is 0 Å². The van der Waals surface area contributed by atoms with Crippen LogP contribution in [0.4, 0.5) is 27.7 Å². The van der Waals surface area contributed by atoms with Gasteiger partial charge in [-0.2, -0.15) is 4.98 Å². The summed E-state index contributed by atoms with van der Waals surface area (Å²) in [6.45, 7) is 0. The molecule has 0 spiro atoms. The maximum atomic E-state index is 14.3. The van der Waals surface area contributed by atoms with Crippen LogP contribution in [0.5, 0.6) is 5.75 Å². The van der Waals surface area contributed by atoms with Crippen LogP contribution in [0, 0.1) is 5.82 Å². The highest BCUT2D eigenvalue weighted by Crippen LogP contribution is 2.36. The smallest absolute Gasteiger partial charge is 0.229 e. The van der Waals surface area contributed by atoms with Crippen molar-refractivity contribution in [3.63, 3.8) is 0 Å². The summed E-state index contributed by atoms with van der Waals surface area (Å²) in [5.41, 5.74) is 2.61. The van der Waals surface area contributed by atoms with Crippen molar-refractivity contribution in [2.24, 2.45) is 0 Å². The number of rotatable bonds is 6. The number of nitrogens with one attached hydrogen (secondary N) is 2. The fourth-order valence-corrected chi connectivity index (χ4v) is 4.06. The standard InChI is InChI=1S/C23H23FN6O.CH4/c1-31-17-10-6-7-15(13-17)26-22-25-14-20-21(29-22)30(16-8-2-3-9-16)23(28-20)27-19-12-5-4-11-18(19)24;/h4-7,10-14,16H,2-3,8-9H2,1H3,(H,27,28)(H,25,26,29);1H4. The van der Waals surface area contributed by atoms with Gasteiger partial charge in [-0.05, 0) is 37.1 Å². The SMILES string of the molecule is C.COc1cccc(Nc2ncc3nc(Nc4ccccc4F)n(C4CCCC4)c3n2)c1. The highest BCUT2D eigenvalue weighted by atomic mass is 19.1. The third-order valence-electron chi connectivity index (χ3n) is 5.57. The lowest BCUT2D eigenvalue weighted by Gasteiger charge is -2.17. The molecule has 166 valence electrons. The molecule has 2 N–H and O–H groups in total. The second-order valence-corrected chi connectivity index (χ2v) is 7.61. The van der Waals surface area contributed by atoms with E-state index in [2.05, 4.69) is 25.2 Å². The summed E-state index contributed by atoms with van der Waals surface area (Å²) in [5.74, 6) is 1.48. The molecular weight excluding hydrogens is 407 g/mol. The average molecular weight is 435 g/mol. The minimum Gasteiger partial charge on any atom is -0.497 e. The van der Waals surface area contributed by atoms with E-state index < -0.39 is 0 Å². The molecule has 0 unspecified atom stereocenters. The number of imidazole rings is 1. The lowest BCUT2D eigenvalue weighted by molar-refractivity contribution is 0.415. The van der Waals surface area contributed by atoms with Crippen LogP contribution < -0.4 is 15.4 Å².